The summed E-state index contributed by atoms with van der Waals surface area (Å²) in [7, 11) is 0. The average Bonchev–Trinajstić information content (AvgIpc) is 2.21. The van der Waals surface area contributed by atoms with E-state index in [9.17, 15) is 9.59 Å². The van der Waals surface area contributed by atoms with Gasteiger partial charge in [0.05, 0.1) is 6.42 Å². The molecule has 1 saturated heterocycles. The Bertz CT molecular complexity index is 302. The van der Waals surface area contributed by atoms with Crippen LogP contribution >= 0.6 is 0 Å². The van der Waals surface area contributed by atoms with Gasteiger partial charge >= 0.3 is 0 Å². The first-order chi connectivity index (χ1) is 7.06. The number of nitrogens with one attached hydrogen (secondary N) is 1. The fourth-order valence-electron chi connectivity index (χ4n) is 1.41. The lowest BCUT2D eigenvalue weighted by molar-refractivity contribution is -0.141. The molecule has 0 bridgehead atoms. The topological polar surface area (TPSA) is 108 Å². The van der Waals surface area contributed by atoms with Gasteiger partial charge in [-0.1, -0.05) is 5.16 Å². The molecule has 2 amide bonds. The second-order valence-electron chi connectivity index (χ2n) is 3.32. The standard InChI is InChI=1S/C8H14N4O3/c1-5-8(14)10-2-3-12(5)7(13)4-6(9)11-15/h5,15H,2-4H2,1H3,(H2,9,11)(H,10,14). The maximum absolute atomic E-state index is 11.6. The average molecular weight is 214 g/mol. The van der Waals surface area contributed by atoms with E-state index < -0.39 is 6.04 Å². The quantitative estimate of drug-likeness (QED) is 0.224. The van der Waals surface area contributed by atoms with Crippen LogP contribution in [0.5, 0.6) is 0 Å². The maximum Gasteiger partial charge on any atom is 0.242 e. The molecule has 4 N–H and O–H groups in total. The number of carbonyl (C=O) groups excluding carboxylic acids is 2. The van der Waals surface area contributed by atoms with Crippen molar-refractivity contribution in [3.05, 3.63) is 0 Å². The van der Waals surface area contributed by atoms with E-state index in [-0.39, 0.29) is 24.1 Å². The third-order valence-electron chi connectivity index (χ3n) is 2.28. The normalized spacial score (nSPS) is 22.5. The number of hydrogen-bond acceptors (Lipinski definition) is 4. The summed E-state index contributed by atoms with van der Waals surface area (Å²) in [6, 6.07) is -0.502. The molecule has 1 aliphatic rings. The molecule has 1 fully saturated rings. The molecule has 84 valence electrons. The first-order valence-corrected chi connectivity index (χ1v) is 4.60. The second kappa shape index (κ2) is 4.63. The molecule has 15 heavy (non-hydrogen) atoms. The Labute approximate surface area is 86.9 Å². The van der Waals surface area contributed by atoms with Gasteiger partial charge in [-0.2, -0.15) is 0 Å². The molecule has 0 aromatic carbocycles. The molecule has 0 spiro atoms. The molecule has 7 nitrogen and oxygen atoms in total. The van der Waals surface area contributed by atoms with Gasteiger partial charge in [0.25, 0.3) is 0 Å². The highest BCUT2D eigenvalue weighted by Crippen LogP contribution is 2.05. The fraction of sp³-hybridized carbons (Fsp3) is 0.625. The van der Waals surface area contributed by atoms with Crippen LogP contribution in [0, 0.1) is 0 Å². The van der Waals surface area contributed by atoms with Gasteiger partial charge in [-0.25, -0.2) is 0 Å². The summed E-state index contributed by atoms with van der Waals surface area (Å²) in [5.74, 6) is -0.653. The van der Waals surface area contributed by atoms with Crippen molar-refractivity contribution in [1.82, 2.24) is 10.2 Å². The number of hydrogen-bond donors (Lipinski definition) is 3. The summed E-state index contributed by atoms with van der Waals surface area (Å²) in [5.41, 5.74) is 5.21. The van der Waals surface area contributed by atoms with Crippen molar-refractivity contribution in [1.29, 1.82) is 0 Å². The monoisotopic (exact) mass is 214 g/mol. The molecule has 0 aliphatic carbocycles. The van der Waals surface area contributed by atoms with Gasteiger partial charge in [-0.05, 0) is 6.92 Å². The summed E-state index contributed by atoms with van der Waals surface area (Å²) < 4.78 is 0. The van der Waals surface area contributed by atoms with Gasteiger partial charge in [-0.3, -0.25) is 9.59 Å². The van der Waals surface area contributed by atoms with Crippen molar-refractivity contribution in [2.24, 2.45) is 10.9 Å². The van der Waals surface area contributed by atoms with Crippen molar-refractivity contribution in [3.63, 3.8) is 0 Å². The van der Waals surface area contributed by atoms with Gasteiger partial charge in [0.15, 0.2) is 0 Å². The summed E-state index contributed by atoms with van der Waals surface area (Å²) in [4.78, 5) is 24.3. The molecular weight excluding hydrogens is 200 g/mol. The lowest BCUT2D eigenvalue weighted by Crippen LogP contribution is -2.56. The number of carbonyl (C=O) groups is 2. The largest absolute Gasteiger partial charge is 0.409 e. The van der Waals surface area contributed by atoms with Crippen molar-refractivity contribution in [2.75, 3.05) is 13.1 Å². The van der Waals surface area contributed by atoms with E-state index in [4.69, 9.17) is 10.9 Å². The highest BCUT2D eigenvalue weighted by atomic mass is 16.4. The Kier molecular flexibility index (Phi) is 3.48. The molecule has 1 atom stereocenters. The number of piperazine rings is 1. The zero-order valence-electron chi connectivity index (χ0n) is 8.43. The van der Waals surface area contributed by atoms with Gasteiger partial charge in [0.1, 0.15) is 11.9 Å². The van der Waals surface area contributed by atoms with Gasteiger partial charge < -0.3 is 21.2 Å². The minimum absolute atomic E-state index is 0.154. The predicted octanol–water partition coefficient (Wildman–Crippen LogP) is -1.53. The lowest BCUT2D eigenvalue weighted by Gasteiger charge is -2.32. The van der Waals surface area contributed by atoms with Crippen LogP contribution in [-0.4, -0.2) is 46.9 Å². The molecule has 1 aliphatic heterocycles. The van der Waals surface area contributed by atoms with E-state index in [2.05, 4.69) is 10.5 Å². The molecule has 1 unspecified atom stereocenters. The number of amidine groups is 1. The first kappa shape index (κ1) is 11.3. The third-order valence-corrected chi connectivity index (χ3v) is 2.28. The second-order valence-corrected chi connectivity index (χ2v) is 3.32. The predicted molar refractivity (Wildman–Crippen MR) is 52.2 cm³/mol. The van der Waals surface area contributed by atoms with Crippen LogP contribution in [0.1, 0.15) is 13.3 Å². The maximum atomic E-state index is 11.6. The van der Waals surface area contributed by atoms with Crippen LogP contribution in [0.4, 0.5) is 0 Å². The number of nitrogens with two attached hydrogens (primary N) is 1. The van der Waals surface area contributed by atoms with Gasteiger partial charge in [-0.15, -0.1) is 0 Å². The van der Waals surface area contributed by atoms with Crippen LogP contribution in [0.15, 0.2) is 5.16 Å². The minimum atomic E-state index is -0.502. The van der Waals surface area contributed by atoms with E-state index in [0.717, 1.165) is 0 Å². The Morgan fingerprint density at radius 3 is 3.07 bits per heavy atom. The number of amides is 2. The molecule has 1 heterocycles. The smallest absolute Gasteiger partial charge is 0.242 e. The van der Waals surface area contributed by atoms with Crippen molar-refractivity contribution in [2.45, 2.75) is 19.4 Å². The van der Waals surface area contributed by atoms with Crippen molar-refractivity contribution < 1.29 is 14.8 Å². The molecule has 0 radical (unpaired) electrons. The third kappa shape index (κ3) is 2.58. The van der Waals surface area contributed by atoms with E-state index in [1.165, 1.54) is 4.90 Å². The summed E-state index contributed by atoms with van der Waals surface area (Å²) in [5, 5.41) is 13.7. The van der Waals surface area contributed by atoms with Crippen LogP contribution in [0.2, 0.25) is 0 Å². The van der Waals surface area contributed by atoms with Crippen LogP contribution in [-0.2, 0) is 9.59 Å². The molecular formula is C8H14N4O3. The van der Waals surface area contributed by atoms with E-state index in [1.54, 1.807) is 6.92 Å². The fourth-order valence-corrected chi connectivity index (χ4v) is 1.41. The number of oxime groups is 1. The van der Waals surface area contributed by atoms with Gasteiger partial charge in [0.2, 0.25) is 11.8 Å². The number of rotatable bonds is 2. The zero-order valence-corrected chi connectivity index (χ0v) is 8.43. The minimum Gasteiger partial charge on any atom is -0.409 e. The van der Waals surface area contributed by atoms with E-state index in [1.807, 2.05) is 0 Å². The Morgan fingerprint density at radius 1 is 1.80 bits per heavy atom. The van der Waals surface area contributed by atoms with Gasteiger partial charge in [0, 0.05) is 13.1 Å². The molecule has 7 heteroatoms. The molecule has 0 aromatic heterocycles. The van der Waals surface area contributed by atoms with Crippen LogP contribution in [0.3, 0.4) is 0 Å². The van der Waals surface area contributed by atoms with Crippen LogP contribution in [0.25, 0.3) is 0 Å². The Hall–Kier alpha value is -1.79. The molecule has 0 saturated carbocycles. The Balaban J connectivity index is 2.62. The first-order valence-electron chi connectivity index (χ1n) is 4.60. The highest BCUT2D eigenvalue weighted by molar-refractivity contribution is 6.00. The number of nitrogens with zero attached hydrogens (tertiary/aromatic N) is 2. The lowest BCUT2D eigenvalue weighted by atomic mass is 10.2. The van der Waals surface area contributed by atoms with E-state index in [0.29, 0.717) is 13.1 Å². The molecule has 0 aromatic rings. The summed E-state index contributed by atoms with van der Waals surface area (Å²) in [6.07, 6.45) is -0.173. The van der Waals surface area contributed by atoms with Crippen molar-refractivity contribution >= 4 is 17.6 Å². The SMILES string of the molecule is CC1C(=O)NCCN1C(=O)CC(N)=NO. The highest BCUT2D eigenvalue weighted by Gasteiger charge is 2.29. The summed E-state index contributed by atoms with van der Waals surface area (Å²) >= 11 is 0. The van der Waals surface area contributed by atoms with Crippen LogP contribution < -0.4 is 11.1 Å². The van der Waals surface area contributed by atoms with Crippen molar-refractivity contribution in [3.8, 4) is 0 Å². The summed E-state index contributed by atoms with van der Waals surface area (Å²) in [6.45, 7) is 2.52. The Morgan fingerprint density at radius 2 is 2.47 bits per heavy atom. The van der Waals surface area contributed by atoms with E-state index >= 15 is 0 Å². The molecule has 1 rings (SSSR count). The zero-order chi connectivity index (χ0) is 11.4.